The summed E-state index contributed by atoms with van der Waals surface area (Å²) in [5, 5.41) is 0. The van der Waals surface area contributed by atoms with Crippen molar-refractivity contribution in [2.45, 2.75) is 48.1 Å². The molecule has 1 aliphatic heterocycles. The lowest BCUT2D eigenvalue weighted by Crippen LogP contribution is -2.37. The van der Waals surface area contributed by atoms with Crippen molar-refractivity contribution in [2.75, 3.05) is 6.61 Å². The molecule has 64 valence electrons. The van der Waals surface area contributed by atoms with Gasteiger partial charge in [-0.15, -0.1) is 0 Å². The number of ether oxygens (including phenoxy) is 1. The molecule has 0 N–H and O–H groups in total. The van der Waals surface area contributed by atoms with E-state index in [1.165, 1.54) is 38.5 Å². The molecule has 0 aromatic rings. The molecule has 0 radical (unpaired) electrons. The van der Waals surface area contributed by atoms with Crippen LogP contribution in [-0.2, 0) is 4.74 Å². The molecule has 0 aromatic carbocycles. The molecule has 2 fully saturated rings. The van der Waals surface area contributed by atoms with Crippen LogP contribution >= 0.6 is 22.6 Å². The maximum absolute atomic E-state index is 5.89. The van der Waals surface area contributed by atoms with E-state index in [1.54, 1.807) is 0 Å². The van der Waals surface area contributed by atoms with Crippen LogP contribution in [0.4, 0.5) is 0 Å². The van der Waals surface area contributed by atoms with E-state index in [2.05, 4.69) is 22.6 Å². The lowest BCUT2D eigenvalue weighted by atomic mass is 9.92. The van der Waals surface area contributed by atoms with Gasteiger partial charge in [-0.2, -0.15) is 0 Å². The molecule has 0 amide bonds. The van der Waals surface area contributed by atoms with E-state index < -0.39 is 0 Å². The Morgan fingerprint density at radius 2 is 2.00 bits per heavy atom. The zero-order valence-corrected chi connectivity index (χ0v) is 8.97. The predicted octanol–water partition coefficient (Wildman–Crippen LogP) is 2.91. The number of hydrogen-bond donors (Lipinski definition) is 0. The highest BCUT2D eigenvalue weighted by Gasteiger charge is 2.38. The van der Waals surface area contributed by atoms with Crippen LogP contribution in [0.1, 0.15) is 38.5 Å². The Kier molecular flexibility index (Phi) is 2.42. The second-order valence-electron chi connectivity index (χ2n) is 3.83. The topological polar surface area (TPSA) is 9.23 Å². The molecule has 1 spiro atoms. The van der Waals surface area contributed by atoms with Gasteiger partial charge in [-0.3, -0.25) is 0 Å². The molecule has 1 saturated carbocycles. The molecule has 1 atom stereocenters. The lowest BCUT2D eigenvalue weighted by molar-refractivity contribution is -0.0687. The average molecular weight is 266 g/mol. The van der Waals surface area contributed by atoms with Crippen LogP contribution in [-0.4, -0.2) is 16.1 Å². The van der Waals surface area contributed by atoms with Crippen molar-refractivity contribution in [3.8, 4) is 0 Å². The molecule has 1 heterocycles. The quantitative estimate of drug-likeness (QED) is 0.484. The Hall–Kier alpha value is 0.690. The van der Waals surface area contributed by atoms with E-state index >= 15 is 0 Å². The van der Waals surface area contributed by atoms with Gasteiger partial charge in [0.2, 0.25) is 0 Å². The van der Waals surface area contributed by atoms with E-state index in [9.17, 15) is 0 Å². The molecule has 11 heavy (non-hydrogen) atoms. The van der Waals surface area contributed by atoms with Crippen LogP contribution < -0.4 is 0 Å². The predicted molar refractivity (Wildman–Crippen MR) is 54.2 cm³/mol. The molecule has 1 saturated heterocycles. The van der Waals surface area contributed by atoms with Crippen LogP contribution in [0.3, 0.4) is 0 Å². The summed E-state index contributed by atoms with van der Waals surface area (Å²) in [6, 6.07) is 0. The Balaban J connectivity index is 2.00. The SMILES string of the molecule is I[C@@H]1CCOC2(CCCC2)C1. The van der Waals surface area contributed by atoms with Crippen LogP contribution in [0.2, 0.25) is 0 Å². The highest BCUT2D eigenvalue weighted by Crippen LogP contribution is 2.41. The average Bonchev–Trinajstić information content (AvgIpc) is 2.37. The standard InChI is InChI=1S/C9H15IO/c10-8-3-6-11-9(7-8)4-1-2-5-9/h8H,1-7H2/t8-/m1/s1. The first-order valence-corrected chi connectivity index (χ1v) is 5.83. The minimum Gasteiger partial charge on any atom is -0.375 e. The first-order chi connectivity index (χ1) is 5.31. The van der Waals surface area contributed by atoms with Crippen molar-refractivity contribution in [2.24, 2.45) is 0 Å². The van der Waals surface area contributed by atoms with Gasteiger partial charge in [-0.05, 0) is 25.7 Å². The molecule has 1 nitrogen and oxygen atoms in total. The summed E-state index contributed by atoms with van der Waals surface area (Å²) in [5.74, 6) is 0. The van der Waals surface area contributed by atoms with Gasteiger partial charge in [0, 0.05) is 10.5 Å². The van der Waals surface area contributed by atoms with Gasteiger partial charge >= 0.3 is 0 Å². The Bertz CT molecular complexity index is 140. The summed E-state index contributed by atoms with van der Waals surface area (Å²) in [4.78, 5) is 0. The van der Waals surface area contributed by atoms with E-state index in [4.69, 9.17) is 4.74 Å². The van der Waals surface area contributed by atoms with Gasteiger partial charge in [0.25, 0.3) is 0 Å². The summed E-state index contributed by atoms with van der Waals surface area (Å²) in [6.07, 6.45) is 8.02. The van der Waals surface area contributed by atoms with Crippen molar-refractivity contribution in [3.63, 3.8) is 0 Å². The fourth-order valence-corrected chi connectivity index (χ4v) is 3.39. The number of rotatable bonds is 0. The van der Waals surface area contributed by atoms with Gasteiger partial charge in [-0.1, -0.05) is 35.4 Å². The summed E-state index contributed by atoms with van der Waals surface area (Å²) in [7, 11) is 0. The third-order valence-corrected chi connectivity index (χ3v) is 4.01. The van der Waals surface area contributed by atoms with E-state index in [0.717, 1.165) is 10.5 Å². The smallest absolute Gasteiger partial charge is 0.0692 e. The summed E-state index contributed by atoms with van der Waals surface area (Å²) >= 11 is 2.58. The van der Waals surface area contributed by atoms with Crippen LogP contribution in [0, 0.1) is 0 Å². The molecule has 0 unspecified atom stereocenters. The Morgan fingerprint density at radius 3 is 2.64 bits per heavy atom. The number of alkyl halides is 1. The van der Waals surface area contributed by atoms with Crippen LogP contribution in [0.15, 0.2) is 0 Å². The molecule has 1 aliphatic carbocycles. The monoisotopic (exact) mass is 266 g/mol. The van der Waals surface area contributed by atoms with Crippen molar-refractivity contribution in [1.29, 1.82) is 0 Å². The molecular weight excluding hydrogens is 251 g/mol. The van der Waals surface area contributed by atoms with Crippen molar-refractivity contribution >= 4 is 22.6 Å². The van der Waals surface area contributed by atoms with E-state index in [1.807, 2.05) is 0 Å². The van der Waals surface area contributed by atoms with Crippen molar-refractivity contribution in [3.05, 3.63) is 0 Å². The number of halogens is 1. The van der Waals surface area contributed by atoms with Crippen molar-refractivity contribution in [1.82, 2.24) is 0 Å². The maximum atomic E-state index is 5.89. The molecule has 2 aliphatic rings. The molecule has 0 aromatic heterocycles. The van der Waals surface area contributed by atoms with Gasteiger partial charge in [-0.25, -0.2) is 0 Å². The lowest BCUT2D eigenvalue weighted by Gasteiger charge is -2.36. The minimum atomic E-state index is 0.337. The maximum Gasteiger partial charge on any atom is 0.0692 e. The van der Waals surface area contributed by atoms with Gasteiger partial charge in [0.1, 0.15) is 0 Å². The molecular formula is C9H15IO. The molecule has 0 bridgehead atoms. The van der Waals surface area contributed by atoms with E-state index in [-0.39, 0.29) is 0 Å². The Labute approximate surface area is 82.0 Å². The third-order valence-electron chi connectivity index (χ3n) is 2.95. The second kappa shape index (κ2) is 3.21. The summed E-state index contributed by atoms with van der Waals surface area (Å²) < 4.78 is 6.77. The highest BCUT2D eigenvalue weighted by molar-refractivity contribution is 14.1. The second-order valence-corrected chi connectivity index (χ2v) is 5.59. The van der Waals surface area contributed by atoms with E-state index in [0.29, 0.717) is 5.60 Å². The minimum absolute atomic E-state index is 0.337. The molecule has 2 rings (SSSR count). The Morgan fingerprint density at radius 1 is 1.27 bits per heavy atom. The van der Waals surface area contributed by atoms with Crippen molar-refractivity contribution < 1.29 is 4.74 Å². The van der Waals surface area contributed by atoms with Gasteiger partial charge < -0.3 is 4.74 Å². The summed E-state index contributed by atoms with van der Waals surface area (Å²) in [5.41, 5.74) is 0.337. The fraction of sp³-hybridized carbons (Fsp3) is 1.00. The van der Waals surface area contributed by atoms with Gasteiger partial charge in [0.15, 0.2) is 0 Å². The largest absolute Gasteiger partial charge is 0.375 e. The normalized spacial score (nSPS) is 36.3. The van der Waals surface area contributed by atoms with Crippen LogP contribution in [0.25, 0.3) is 0 Å². The molecule has 2 heteroatoms. The van der Waals surface area contributed by atoms with Gasteiger partial charge in [0.05, 0.1) is 5.60 Å². The van der Waals surface area contributed by atoms with Crippen LogP contribution in [0.5, 0.6) is 0 Å². The highest BCUT2D eigenvalue weighted by atomic mass is 127. The zero-order chi connectivity index (χ0) is 7.73. The first-order valence-electron chi connectivity index (χ1n) is 4.59. The summed E-state index contributed by atoms with van der Waals surface area (Å²) in [6.45, 7) is 1.01. The number of hydrogen-bond acceptors (Lipinski definition) is 1. The third kappa shape index (κ3) is 1.72. The zero-order valence-electron chi connectivity index (χ0n) is 6.81. The first kappa shape index (κ1) is 8.30. The fourth-order valence-electron chi connectivity index (χ4n) is 2.34.